The lowest BCUT2D eigenvalue weighted by molar-refractivity contribution is 0.0698. The summed E-state index contributed by atoms with van der Waals surface area (Å²) in [5, 5.41) is 19.8. The number of rotatable bonds is 7. The van der Waals surface area contributed by atoms with Gasteiger partial charge in [0.1, 0.15) is 0 Å². The van der Waals surface area contributed by atoms with Gasteiger partial charge in [-0.3, -0.25) is 0 Å². The number of carbonyl (C=O) groups is 1. The van der Waals surface area contributed by atoms with Crippen molar-refractivity contribution < 1.29 is 15.0 Å². The van der Waals surface area contributed by atoms with Gasteiger partial charge < -0.3 is 14.8 Å². The highest BCUT2D eigenvalue weighted by atomic mass is 16.4. The summed E-state index contributed by atoms with van der Waals surface area (Å²) >= 11 is 0. The molecule has 0 bridgehead atoms. The minimum absolute atomic E-state index is 0.109. The Labute approximate surface area is 131 Å². The predicted octanol–water partition coefficient (Wildman–Crippen LogP) is 3.55. The largest absolute Gasteiger partial charge is 0.478 e. The molecule has 0 saturated heterocycles. The molecule has 0 spiro atoms. The summed E-state index contributed by atoms with van der Waals surface area (Å²) in [4.78, 5) is 11.7. The Balaban J connectivity index is 2.81. The summed E-state index contributed by atoms with van der Waals surface area (Å²) < 4.78 is 2.07. The Morgan fingerprint density at radius 3 is 2.55 bits per heavy atom. The molecule has 4 heteroatoms. The number of hydrogen-bond acceptors (Lipinski definition) is 2. The SMILES string of the molecule is CCCc1c(C)n(CCCO)c2c(C(=O)O)cc(CC)cc12. The van der Waals surface area contributed by atoms with E-state index in [2.05, 4.69) is 24.5 Å². The van der Waals surface area contributed by atoms with Gasteiger partial charge in [-0.1, -0.05) is 20.3 Å². The molecule has 0 aliphatic carbocycles. The van der Waals surface area contributed by atoms with Crippen molar-refractivity contribution in [3.63, 3.8) is 0 Å². The van der Waals surface area contributed by atoms with E-state index in [4.69, 9.17) is 5.11 Å². The third-order valence-electron chi connectivity index (χ3n) is 4.28. The van der Waals surface area contributed by atoms with Crippen LogP contribution in [0.2, 0.25) is 0 Å². The van der Waals surface area contributed by atoms with Crippen LogP contribution in [0.3, 0.4) is 0 Å². The van der Waals surface area contributed by atoms with E-state index in [0.29, 0.717) is 18.5 Å². The fourth-order valence-electron chi connectivity index (χ4n) is 3.18. The number of carboxylic acid groups (broad SMARTS) is 1. The van der Waals surface area contributed by atoms with Crippen molar-refractivity contribution in [2.75, 3.05) is 6.61 Å². The van der Waals surface area contributed by atoms with Crippen LogP contribution in [0, 0.1) is 6.92 Å². The molecule has 2 rings (SSSR count). The number of aliphatic hydroxyl groups excluding tert-OH is 1. The Hall–Kier alpha value is -1.81. The lowest BCUT2D eigenvalue weighted by Gasteiger charge is -2.10. The van der Waals surface area contributed by atoms with E-state index in [1.54, 1.807) is 6.07 Å². The number of aromatic nitrogens is 1. The number of nitrogens with zero attached hydrogens (tertiary/aromatic N) is 1. The average Bonchev–Trinajstić information content (AvgIpc) is 2.77. The molecule has 0 aliphatic heterocycles. The van der Waals surface area contributed by atoms with E-state index >= 15 is 0 Å². The first kappa shape index (κ1) is 16.6. The minimum atomic E-state index is -0.883. The zero-order chi connectivity index (χ0) is 16.3. The highest BCUT2D eigenvalue weighted by Gasteiger charge is 2.20. The predicted molar refractivity (Wildman–Crippen MR) is 88.7 cm³/mol. The molecule has 0 radical (unpaired) electrons. The summed E-state index contributed by atoms with van der Waals surface area (Å²) in [6.07, 6.45) is 3.42. The second-order valence-corrected chi connectivity index (χ2v) is 5.74. The van der Waals surface area contributed by atoms with E-state index in [9.17, 15) is 9.90 Å². The number of aromatic carboxylic acids is 1. The van der Waals surface area contributed by atoms with Crippen LogP contribution in [0.1, 0.15) is 53.9 Å². The van der Waals surface area contributed by atoms with Gasteiger partial charge in [-0.2, -0.15) is 0 Å². The fourth-order valence-corrected chi connectivity index (χ4v) is 3.18. The van der Waals surface area contributed by atoms with Crippen LogP contribution in [-0.2, 0) is 19.4 Å². The Morgan fingerprint density at radius 1 is 1.27 bits per heavy atom. The summed E-state index contributed by atoms with van der Waals surface area (Å²) in [5.41, 5.74) is 4.60. The van der Waals surface area contributed by atoms with Crippen molar-refractivity contribution in [2.24, 2.45) is 0 Å². The van der Waals surface area contributed by atoms with Gasteiger partial charge in [-0.25, -0.2) is 4.79 Å². The zero-order valence-corrected chi connectivity index (χ0v) is 13.6. The molecule has 1 heterocycles. The van der Waals surface area contributed by atoms with E-state index in [1.807, 2.05) is 6.92 Å². The molecule has 0 atom stereocenters. The second kappa shape index (κ2) is 6.97. The number of aliphatic hydroxyl groups is 1. The summed E-state index contributed by atoms with van der Waals surface area (Å²) in [6, 6.07) is 3.92. The number of benzene rings is 1. The lowest BCUT2D eigenvalue weighted by atomic mass is 10.00. The highest BCUT2D eigenvalue weighted by molar-refractivity contribution is 6.04. The first-order valence-corrected chi connectivity index (χ1v) is 8.03. The van der Waals surface area contributed by atoms with Crippen molar-refractivity contribution in [1.82, 2.24) is 4.57 Å². The summed E-state index contributed by atoms with van der Waals surface area (Å²) in [7, 11) is 0. The standard InChI is InChI=1S/C18H25NO3/c1-4-7-14-12(3)19(8-6-9-20)17-15(14)10-13(5-2)11-16(17)18(21)22/h10-11,20H,4-9H2,1-3H3,(H,21,22). The first-order chi connectivity index (χ1) is 10.5. The topological polar surface area (TPSA) is 62.5 Å². The fraction of sp³-hybridized carbons (Fsp3) is 0.500. The van der Waals surface area contributed by atoms with E-state index in [1.165, 1.54) is 5.56 Å². The number of fused-ring (bicyclic) bond motifs is 1. The quantitative estimate of drug-likeness (QED) is 0.822. The molecule has 4 nitrogen and oxygen atoms in total. The Kier molecular flexibility index (Phi) is 5.24. The van der Waals surface area contributed by atoms with Crippen LogP contribution in [0.5, 0.6) is 0 Å². The smallest absolute Gasteiger partial charge is 0.337 e. The molecular weight excluding hydrogens is 278 g/mol. The third kappa shape index (κ3) is 2.88. The number of hydrogen-bond donors (Lipinski definition) is 2. The maximum atomic E-state index is 11.7. The molecule has 2 N–H and O–H groups in total. The normalized spacial score (nSPS) is 11.3. The van der Waals surface area contributed by atoms with Gasteiger partial charge in [-0.15, -0.1) is 0 Å². The Morgan fingerprint density at radius 2 is 2.00 bits per heavy atom. The molecule has 120 valence electrons. The van der Waals surface area contributed by atoms with Gasteiger partial charge in [0.2, 0.25) is 0 Å². The molecule has 0 fully saturated rings. The second-order valence-electron chi connectivity index (χ2n) is 5.74. The van der Waals surface area contributed by atoms with Crippen LogP contribution in [0.15, 0.2) is 12.1 Å². The van der Waals surface area contributed by atoms with Gasteiger partial charge in [0.25, 0.3) is 0 Å². The molecule has 0 saturated carbocycles. The number of carboxylic acids is 1. The molecule has 0 amide bonds. The zero-order valence-electron chi connectivity index (χ0n) is 13.6. The van der Waals surface area contributed by atoms with Gasteiger partial charge >= 0.3 is 5.97 Å². The third-order valence-corrected chi connectivity index (χ3v) is 4.28. The molecule has 1 aromatic heterocycles. The monoisotopic (exact) mass is 303 g/mol. The molecule has 0 unspecified atom stereocenters. The van der Waals surface area contributed by atoms with E-state index in [0.717, 1.165) is 41.4 Å². The van der Waals surface area contributed by atoms with Crippen LogP contribution in [-0.4, -0.2) is 27.4 Å². The maximum Gasteiger partial charge on any atom is 0.337 e. The Bertz CT molecular complexity index is 685. The van der Waals surface area contributed by atoms with Crippen LogP contribution < -0.4 is 0 Å². The summed E-state index contributed by atoms with van der Waals surface area (Å²) in [6.45, 7) is 6.99. The maximum absolute atomic E-state index is 11.7. The van der Waals surface area contributed by atoms with E-state index < -0.39 is 5.97 Å². The molecule has 2 aromatic rings. The van der Waals surface area contributed by atoms with Crippen molar-refractivity contribution in [1.29, 1.82) is 0 Å². The van der Waals surface area contributed by atoms with Gasteiger partial charge in [-0.05, 0) is 49.4 Å². The van der Waals surface area contributed by atoms with E-state index in [-0.39, 0.29) is 6.61 Å². The van der Waals surface area contributed by atoms with Crippen molar-refractivity contribution in [3.05, 3.63) is 34.5 Å². The average molecular weight is 303 g/mol. The van der Waals surface area contributed by atoms with Gasteiger partial charge in [0, 0.05) is 24.2 Å². The lowest BCUT2D eigenvalue weighted by Crippen LogP contribution is -2.07. The molecular formula is C18H25NO3. The summed E-state index contributed by atoms with van der Waals surface area (Å²) in [5.74, 6) is -0.883. The van der Waals surface area contributed by atoms with Crippen molar-refractivity contribution in [2.45, 2.75) is 53.0 Å². The molecule has 0 aliphatic rings. The highest BCUT2D eigenvalue weighted by Crippen LogP contribution is 2.31. The minimum Gasteiger partial charge on any atom is -0.478 e. The van der Waals surface area contributed by atoms with Crippen molar-refractivity contribution >= 4 is 16.9 Å². The van der Waals surface area contributed by atoms with Crippen LogP contribution in [0.4, 0.5) is 0 Å². The first-order valence-electron chi connectivity index (χ1n) is 8.03. The number of aryl methyl sites for hydroxylation is 3. The van der Waals surface area contributed by atoms with Crippen molar-refractivity contribution in [3.8, 4) is 0 Å². The molecule has 22 heavy (non-hydrogen) atoms. The van der Waals surface area contributed by atoms with Gasteiger partial charge in [0.15, 0.2) is 0 Å². The van der Waals surface area contributed by atoms with Crippen LogP contribution in [0.25, 0.3) is 10.9 Å². The van der Waals surface area contributed by atoms with Gasteiger partial charge in [0.05, 0.1) is 11.1 Å². The van der Waals surface area contributed by atoms with Crippen LogP contribution >= 0.6 is 0 Å². The molecule has 1 aromatic carbocycles.